The molecule has 0 aromatic heterocycles. The Kier molecular flexibility index (Phi) is 4.85. The summed E-state index contributed by atoms with van der Waals surface area (Å²) < 4.78 is 0. The van der Waals surface area contributed by atoms with Crippen molar-refractivity contribution < 1.29 is 0 Å². The molecule has 0 bridgehead atoms. The average Bonchev–Trinajstić information content (AvgIpc) is 2.29. The summed E-state index contributed by atoms with van der Waals surface area (Å²) in [6, 6.07) is 6.87. The Morgan fingerprint density at radius 1 is 1.12 bits per heavy atom. The largest absolute Gasteiger partial charge is 0.378 e. The molecular weight excluding hydrogens is 194 g/mol. The summed E-state index contributed by atoms with van der Waals surface area (Å²) in [7, 11) is 4.20. The second kappa shape index (κ2) is 5.93. The van der Waals surface area contributed by atoms with E-state index in [1.165, 1.54) is 29.7 Å². The Labute approximate surface area is 100 Å². The van der Waals surface area contributed by atoms with Crippen LogP contribution in [0.5, 0.6) is 0 Å². The van der Waals surface area contributed by atoms with Crippen LogP contribution < -0.4 is 4.90 Å². The highest BCUT2D eigenvalue weighted by Gasteiger charge is 2.07. The van der Waals surface area contributed by atoms with Crippen LogP contribution in [0.25, 0.3) is 0 Å². The van der Waals surface area contributed by atoms with Gasteiger partial charge in [0.1, 0.15) is 0 Å². The molecule has 0 N–H and O–H groups in total. The fourth-order valence-electron chi connectivity index (χ4n) is 1.94. The van der Waals surface area contributed by atoms with Crippen LogP contribution in [-0.4, -0.2) is 14.1 Å². The van der Waals surface area contributed by atoms with Crippen molar-refractivity contribution in [2.75, 3.05) is 19.0 Å². The summed E-state index contributed by atoms with van der Waals surface area (Å²) >= 11 is 0. The Bertz CT molecular complexity index is 328. The summed E-state index contributed by atoms with van der Waals surface area (Å²) in [5.74, 6) is 0.788. The fourth-order valence-corrected chi connectivity index (χ4v) is 1.94. The van der Waals surface area contributed by atoms with Gasteiger partial charge in [0.05, 0.1) is 0 Å². The lowest BCUT2D eigenvalue weighted by molar-refractivity contribution is 0.558. The number of anilines is 1. The minimum atomic E-state index is 0.788. The lowest BCUT2D eigenvalue weighted by Crippen LogP contribution is -2.10. The first-order valence-corrected chi connectivity index (χ1v) is 6.37. The first kappa shape index (κ1) is 13.1. The van der Waals surface area contributed by atoms with Crippen LogP contribution in [-0.2, 0) is 12.8 Å². The van der Waals surface area contributed by atoms with Gasteiger partial charge in [-0.15, -0.1) is 0 Å². The zero-order chi connectivity index (χ0) is 12.1. The highest BCUT2D eigenvalue weighted by Crippen LogP contribution is 2.22. The maximum atomic E-state index is 2.33. The molecule has 0 heterocycles. The SMILES string of the molecule is CCc1cc(N(C)C)ccc1CC(C)CC. The predicted octanol–water partition coefficient (Wildman–Crippen LogP) is 3.90. The fraction of sp³-hybridized carbons (Fsp3) is 0.600. The lowest BCUT2D eigenvalue weighted by atomic mass is 9.94. The van der Waals surface area contributed by atoms with Crippen molar-refractivity contribution in [2.24, 2.45) is 5.92 Å². The summed E-state index contributed by atoms with van der Waals surface area (Å²) in [5, 5.41) is 0. The van der Waals surface area contributed by atoms with E-state index in [0.717, 1.165) is 12.3 Å². The number of hydrogen-bond donors (Lipinski definition) is 0. The lowest BCUT2D eigenvalue weighted by Gasteiger charge is -2.17. The van der Waals surface area contributed by atoms with E-state index in [-0.39, 0.29) is 0 Å². The van der Waals surface area contributed by atoms with Crippen LogP contribution >= 0.6 is 0 Å². The van der Waals surface area contributed by atoms with Crippen molar-refractivity contribution in [3.8, 4) is 0 Å². The molecule has 1 nitrogen and oxygen atoms in total. The van der Waals surface area contributed by atoms with E-state index in [4.69, 9.17) is 0 Å². The summed E-state index contributed by atoms with van der Waals surface area (Å²) in [6.45, 7) is 6.85. The number of nitrogens with zero attached hydrogens (tertiary/aromatic N) is 1. The predicted molar refractivity (Wildman–Crippen MR) is 73.3 cm³/mol. The third-order valence-electron chi connectivity index (χ3n) is 3.35. The minimum absolute atomic E-state index is 0.788. The Balaban J connectivity index is 2.93. The van der Waals surface area contributed by atoms with E-state index >= 15 is 0 Å². The second-order valence-corrected chi connectivity index (χ2v) is 4.92. The number of rotatable bonds is 5. The first-order valence-electron chi connectivity index (χ1n) is 6.37. The smallest absolute Gasteiger partial charge is 0.0363 e. The van der Waals surface area contributed by atoms with Crippen molar-refractivity contribution in [3.63, 3.8) is 0 Å². The van der Waals surface area contributed by atoms with Crippen LogP contribution in [0, 0.1) is 5.92 Å². The van der Waals surface area contributed by atoms with Crippen molar-refractivity contribution in [3.05, 3.63) is 29.3 Å². The zero-order valence-electron chi connectivity index (χ0n) is 11.4. The van der Waals surface area contributed by atoms with E-state index in [1.807, 2.05) is 0 Å². The van der Waals surface area contributed by atoms with Crippen molar-refractivity contribution in [1.82, 2.24) is 0 Å². The average molecular weight is 219 g/mol. The molecule has 0 spiro atoms. The van der Waals surface area contributed by atoms with Crippen LogP contribution in [0.1, 0.15) is 38.3 Å². The molecule has 1 heteroatoms. The van der Waals surface area contributed by atoms with Gasteiger partial charge in [0.25, 0.3) is 0 Å². The molecule has 1 rings (SSSR count). The minimum Gasteiger partial charge on any atom is -0.378 e. The third kappa shape index (κ3) is 3.26. The molecule has 0 radical (unpaired) electrons. The maximum absolute atomic E-state index is 2.33. The first-order chi connectivity index (χ1) is 7.58. The second-order valence-electron chi connectivity index (χ2n) is 4.92. The number of benzene rings is 1. The highest BCUT2D eigenvalue weighted by atomic mass is 15.1. The molecular formula is C15H25N. The monoisotopic (exact) mass is 219 g/mol. The molecule has 0 aliphatic heterocycles. The molecule has 0 aliphatic carbocycles. The topological polar surface area (TPSA) is 3.24 Å². The van der Waals surface area contributed by atoms with E-state index in [1.54, 1.807) is 0 Å². The highest BCUT2D eigenvalue weighted by molar-refractivity contribution is 5.50. The van der Waals surface area contributed by atoms with E-state index in [2.05, 4.69) is 58.0 Å². The summed E-state index contributed by atoms with van der Waals surface area (Å²) in [6.07, 6.45) is 3.61. The molecule has 1 atom stereocenters. The van der Waals surface area contributed by atoms with Gasteiger partial charge in [0, 0.05) is 19.8 Å². The molecule has 0 saturated heterocycles. The van der Waals surface area contributed by atoms with Gasteiger partial charge in [-0.05, 0) is 42.0 Å². The summed E-state index contributed by atoms with van der Waals surface area (Å²) in [5.41, 5.74) is 4.35. The Morgan fingerprint density at radius 3 is 2.31 bits per heavy atom. The molecule has 0 aliphatic rings. The molecule has 0 saturated carbocycles. The molecule has 1 aromatic rings. The molecule has 0 amide bonds. The Morgan fingerprint density at radius 2 is 1.81 bits per heavy atom. The molecule has 16 heavy (non-hydrogen) atoms. The van der Waals surface area contributed by atoms with Gasteiger partial charge in [0.2, 0.25) is 0 Å². The van der Waals surface area contributed by atoms with Gasteiger partial charge in [-0.1, -0.05) is 33.3 Å². The molecule has 1 aromatic carbocycles. The zero-order valence-corrected chi connectivity index (χ0v) is 11.4. The van der Waals surface area contributed by atoms with Gasteiger partial charge in [-0.25, -0.2) is 0 Å². The quantitative estimate of drug-likeness (QED) is 0.726. The normalized spacial score (nSPS) is 12.6. The van der Waals surface area contributed by atoms with Gasteiger partial charge in [-0.3, -0.25) is 0 Å². The number of hydrogen-bond acceptors (Lipinski definition) is 1. The summed E-state index contributed by atoms with van der Waals surface area (Å²) in [4.78, 5) is 2.17. The Hall–Kier alpha value is -0.980. The molecule has 90 valence electrons. The van der Waals surface area contributed by atoms with Crippen LogP contribution in [0.2, 0.25) is 0 Å². The standard InChI is InChI=1S/C15H25N/c1-6-12(3)10-14-8-9-15(16(4)5)11-13(14)7-2/h8-9,11-12H,6-7,10H2,1-5H3. The van der Waals surface area contributed by atoms with E-state index in [0.29, 0.717) is 0 Å². The van der Waals surface area contributed by atoms with Crippen LogP contribution in [0.4, 0.5) is 5.69 Å². The van der Waals surface area contributed by atoms with Gasteiger partial charge < -0.3 is 4.90 Å². The van der Waals surface area contributed by atoms with Crippen molar-refractivity contribution >= 4 is 5.69 Å². The van der Waals surface area contributed by atoms with E-state index < -0.39 is 0 Å². The van der Waals surface area contributed by atoms with Crippen LogP contribution in [0.15, 0.2) is 18.2 Å². The van der Waals surface area contributed by atoms with Gasteiger partial charge in [-0.2, -0.15) is 0 Å². The van der Waals surface area contributed by atoms with E-state index in [9.17, 15) is 0 Å². The van der Waals surface area contributed by atoms with Crippen LogP contribution in [0.3, 0.4) is 0 Å². The van der Waals surface area contributed by atoms with Gasteiger partial charge >= 0.3 is 0 Å². The maximum Gasteiger partial charge on any atom is 0.0363 e. The third-order valence-corrected chi connectivity index (χ3v) is 3.35. The molecule has 0 fully saturated rings. The van der Waals surface area contributed by atoms with Crippen molar-refractivity contribution in [2.45, 2.75) is 40.0 Å². The molecule has 1 unspecified atom stereocenters. The van der Waals surface area contributed by atoms with Crippen molar-refractivity contribution in [1.29, 1.82) is 0 Å². The van der Waals surface area contributed by atoms with Gasteiger partial charge in [0.15, 0.2) is 0 Å². The number of aryl methyl sites for hydroxylation is 1.